The fourth-order valence-corrected chi connectivity index (χ4v) is 4.21. The molecule has 0 spiro atoms. The Kier molecular flexibility index (Phi) is 7.42. The van der Waals surface area contributed by atoms with Crippen molar-refractivity contribution in [3.63, 3.8) is 0 Å². The van der Waals surface area contributed by atoms with Gasteiger partial charge in [0.05, 0.1) is 19.1 Å². The van der Waals surface area contributed by atoms with Crippen LogP contribution in [0.25, 0.3) is 5.69 Å². The van der Waals surface area contributed by atoms with Crippen molar-refractivity contribution in [1.29, 1.82) is 0 Å². The number of aryl methyl sites for hydroxylation is 1. The minimum atomic E-state index is -0.878. The van der Waals surface area contributed by atoms with E-state index in [4.69, 9.17) is 4.74 Å². The van der Waals surface area contributed by atoms with Crippen LogP contribution < -0.4 is 11.2 Å². The third-order valence-electron chi connectivity index (χ3n) is 6.13. The predicted molar refractivity (Wildman–Crippen MR) is 130 cm³/mol. The molecule has 188 valence electrons. The van der Waals surface area contributed by atoms with E-state index in [0.717, 1.165) is 20.9 Å². The van der Waals surface area contributed by atoms with Crippen molar-refractivity contribution >= 4 is 11.9 Å². The lowest BCUT2D eigenvalue weighted by molar-refractivity contribution is -0.149. The summed E-state index contributed by atoms with van der Waals surface area (Å²) < 4.78 is 21.3. The van der Waals surface area contributed by atoms with Crippen molar-refractivity contribution < 1.29 is 18.7 Å². The van der Waals surface area contributed by atoms with Crippen LogP contribution in [0.4, 0.5) is 4.39 Å². The third-order valence-corrected chi connectivity index (χ3v) is 6.13. The fraction of sp³-hybridized carbons (Fsp3) is 0.346. The Labute approximate surface area is 206 Å². The number of ether oxygens (including phenoxy) is 1. The third kappa shape index (κ3) is 5.12. The molecule has 2 heterocycles. The zero-order valence-corrected chi connectivity index (χ0v) is 20.1. The van der Waals surface area contributed by atoms with E-state index in [-0.39, 0.29) is 25.4 Å². The number of carbonyl (C=O) groups excluding carboxylic acids is 2. The summed E-state index contributed by atoms with van der Waals surface area (Å²) in [5.74, 6) is -2.38. The highest BCUT2D eigenvalue weighted by atomic mass is 19.1. The fourth-order valence-electron chi connectivity index (χ4n) is 4.21. The number of amides is 1. The van der Waals surface area contributed by atoms with E-state index in [1.807, 2.05) is 19.1 Å². The molecule has 9 nitrogen and oxygen atoms in total. The van der Waals surface area contributed by atoms with Gasteiger partial charge in [0.1, 0.15) is 11.5 Å². The summed E-state index contributed by atoms with van der Waals surface area (Å²) in [6, 6.07) is 12.7. The molecule has 0 saturated carbocycles. The average molecular weight is 495 g/mol. The Balaban J connectivity index is 1.79. The Morgan fingerprint density at radius 1 is 1.11 bits per heavy atom. The number of hydrogen-bond acceptors (Lipinski definition) is 6. The van der Waals surface area contributed by atoms with Crippen LogP contribution in [-0.4, -0.2) is 50.8 Å². The lowest BCUT2D eigenvalue weighted by Gasteiger charge is -2.31. The monoisotopic (exact) mass is 494 g/mol. The maximum atomic E-state index is 14.6. The second-order valence-electron chi connectivity index (χ2n) is 8.71. The van der Waals surface area contributed by atoms with Crippen LogP contribution in [0.3, 0.4) is 0 Å². The van der Waals surface area contributed by atoms with Gasteiger partial charge in [-0.2, -0.15) is 9.78 Å². The summed E-state index contributed by atoms with van der Waals surface area (Å²) in [6.45, 7) is 4.09. The van der Waals surface area contributed by atoms with Crippen molar-refractivity contribution in [2.45, 2.75) is 33.2 Å². The summed E-state index contributed by atoms with van der Waals surface area (Å²) in [4.78, 5) is 53.7. The Bertz CT molecular complexity index is 1400. The van der Waals surface area contributed by atoms with Gasteiger partial charge in [0.2, 0.25) is 5.69 Å². The minimum Gasteiger partial charge on any atom is -0.466 e. The second kappa shape index (κ2) is 10.7. The molecule has 0 bridgehead atoms. The summed E-state index contributed by atoms with van der Waals surface area (Å²) in [7, 11) is 0. The van der Waals surface area contributed by atoms with Gasteiger partial charge in [-0.05, 0) is 44.4 Å². The van der Waals surface area contributed by atoms with Crippen LogP contribution in [-0.2, 0) is 16.1 Å². The highest BCUT2D eigenvalue weighted by molar-refractivity contribution is 5.92. The molecule has 1 aliphatic rings. The molecule has 3 aromatic rings. The van der Waals surface area contributed by atoms with Crippen molar-refractivity contribution in [3.8, 4) is 5.69 Å². The number of rotatable bonds is 6. The largest absolute Gasteiger partial charge is 0.466 e. The molecule has 1 fully saturated rings. The summed E-state index contributed by atoms with van der Waals surface area (Å²) >= 11 is 0. The van der Waals surface area contributed by atoms with Crippen molar-refractivity contribution in [1.82, 2.24) is 19.2 Å². The number of para-hydroxylation sites is 1. The molecular formula is C26H27FN4O5. The molecule has 2 aromatic carbocycles. The number of aromatic nitrogens is 3. The van der Waals surface area contributed by atoms with Crippen LogP contribution >= 0.6 is 0 Å². The smallest absolute Gasteiger partial charge is 0.352 e. The van der Waals surface area contributed by atoms with Gasteiger partial charge >= 0.3 is 11.7 Å². The molecule has 1 amide bonds. The summed E-state index contributed by atoms with van der Waals surface area (Å²) in [6.07, 6.45) is 1.10. The van der Waals surface area contributed by atoms with Crippen molar-refractivity contribution in [2.24, 2.45) is 5.92 Å². The zero-order chi connectivity index (χ0) is 25.8. The molecule has 1 aromatic heterocycles. The number of carbonyl (C=O) groups is 2. The average Bonchev–Trinajstić information content (AvgIpc) is 2.88. The van der Waals surface area contributed by atoms with E-state index in [9.17, 15) is 23.6 Å². The highest BCUT2D eigenvalue weighted by Gasteiger charge is 2.32. The first kappa shape index (κ1) is 25.0. The topological polar surface area (TPSA) is 104 Å². The molecule has 0 N–H and O–H groups in total. The van der Waals surface area contributed by atoms with Crippen LogP contribution in [0, 0.1) is 18.7 Å². The van der Waals surface area contributed by atoms with Gasteiger partial charge < -0.3 is 9.64 Å². The standard InChI is InChI=1S/C26H27FN4O5/c1-3-36-25(34)19-7-6-14-29(16-19)23(32)22-24(33)30(15-18-12-10-17(2)11-13-18)26(35)31(28-22)21-9-5-4-8-20(21)27/h4-5,8-13,19H,3,6-7,14-16H2,1-2H3/t19-/m0/s1. The van der Waals surface area contributed by atoms with Crippen LogP contribution in [0.1, 0.15) is 41.4 Å². The summed E-state index contributed by atoms with van der Waals surface area (Å²) in [5.41, 5.74) is -0.792. The number of hydrogen-bond donors (Lipinski definition) is 0. The Morgan fingerprint density at radius 2 is 1.83 bits per heavy atom. The first-order valence-corrected chi connectivity index (χ1v) is 11.8. The van der Waals surface area contributed by atoms with Crippen molar-refractivity contribution in [3.05, 3.63) is 92.0 Å². The molecule has 4 rings (SSSR count). The van der Waals surface area contributed by atoms with Gasteiger partial charge in [-0.1, -0.05) is 42.0 Å². The van der Waals surface area contributed by atoms with E-state index in [1.54, 1.807) is 19.1 Å². The van der Waals surface area contributed by atoms with Gasteiger partial charge in [-0.15, -0.1) is 0 Å². The van der Waals surface area contributed by atoms with Gasteiger partial charge in [-0.25, -0.2) is 9.18 Å². The van der Waals surface area contributed by atoms with Crippen LogP contribution in [0.5, 0.6) is 0 Å². The highest BCUT2D eigenvalue weighted by Crippen LogP contribution is 2.19. The molecule has 1 atom stereocenters. The molecular weight excluding hydrogens is 467 g/mol. The molecule has 1 aliphatic heterocycles. The minimum absolute atomic E-state index is 0.0651. The van der Waals surface area contributed by atoms with Gasteiger partial charge in [-0.3, -0.25) is 19.0 Å². The number of esters is 1. The van der Waals surface area contributed by atoms with Crippen LogP contribution in [0.2, 0.25) is 0 Å². The van der Waals surface area contributed by atoms with Gasteiger partial charge in [0, 0.05) is 13.1 Å². The molecule has 1 saturated heterocycles. The maximum Gasteiger partial charge on any atom is 0.352 e. The van der Waals surface area contributed by atoms with Crippen LogP contribution in [0.15, 0.2) is 58.1 Å². The molecule has 36 heavy (non-hydrogen) atoms. The second-order valence-corrected chi connectivity index (χ2v) is 8.71. The van der Waals surface area contributed by atoms with Gasteiger partial charge in [0.25, 0.3) is 11.5 Å². The maximum absolute atomic E-state index is 14.6. The summed E-state index contributed by atoms with van der Waals surface area (Å²) in [5, 5.41) is 4.02. The van der Waals surface area contributed by atoms with E-state index in [0.29, 0.717) is 24.9 Å². The lowest BCUT2D eigenvalue weighted by atomic mass is 9.98. The molecule has 0 unspecified atom stereocenters. The number of halogens is 1. The first-order chi connectivity index (χ1) is 17.3. The predicted octanol–water partition coefficient (Wildman–Crippen LogP) is 2.31. The SMILES string of the molecule is CCOC(=O)[C@H]1CCCN(C(=O)c2nn(-c3ccccc3F)c(=O)n(Cc3ccc(C)cc3)c2=O)C1. The Morgan fingerprint density at radius 3 is 2.53 bits per heavy atom. The number of benzene rings is 2. The van der Waals surface area contributed by atoms with E-state index in [2.05, 4.69) is 5.10 Å². The zero-order valence-electron chi connectivity index (χ0n) is 20.1. The molecule has 0 radical (unpaired) electrons. The lowest BCUT2D eigenvalue weighted by Crippen LogP contribution is -2.49. The van der Waals surface area contributed by atoms with E-state index < -0.39 is 40.6 Å². The number of nitrogens with zero attached hydrogens (tertiary/aromatic N) is 4. The molecule has 0 aliphatic carbocycles. The number of likely N-dealkylation sites (tertiary alicyclic amines) is 1. The van der Waals surface area contributed by atoms with E-state index >= 15 is 0 Å². The first-order valence-electron chi connectivity index (χ1n) is 11.8. The van der Waals surface area contributed by atoms with Gasteiger partial charge in [0.15, 0.2) is 0 Å². The van der Waals surface area contributed by atoms with E-state index in [1.165, 1.54) is 23.1 Å². The normalized spacial score (nSPS) is 15.5. The quantitative estimate of drug-likeness (QED) is 0.487. The number of piperidine rings is 1. The van der Waals surface area contributed by atoms with Crippen molar-refractivity contribution in [2.75, 3.05) is 19.7 Å². The Hall–Kier alpha value is -4.08. The molecule has 10 heteroatoms.